The number of amides is 1. The molecule has 0 saturated carbocycles. The number of H-pyrrole nitrogens is 1. The molecule has 1 aromatic heterocycles. The number of nitrogens with one attached hydrogen (secondary N) is 2. The van der Waals surface area contributed by atoms with Crippen LogP contribution in [-0.2, 0) is 0 Å². The fraction of sp³-hybridized carbons (Fsp3) is 0.158. The molecule has 0 bridgehead atoms. The number of methoxy groups -OCH3 is 2. The second-order valence-corrected chi connectivity index (χ2v) is 5.65. The Morgan fingerprint density at radius 2 is 1.85 bits per heavy atom. The van der Waals surface area contributed by atoms with Gasteiger partial charge >= 0.3 is 0 Å². The van der Waals surface area contributed by atoms with E-state index in [2.05, 4.69) is 20.7 Å². The van der Waals surface area contributed by atoms with Crippen LogP contribution in [0.3, 0.4) is 0 Å². The number of nitrogens with zero attached hydrogens (tertiary/aromatic N) is 2. The number of carbonyl (C=O) groups excluding carboxylic acids is 1. The molecule has 0 aliphatic heterocycles. The van der Waals surface area contributed by atoms with Crippen molar-refractivity contribution in [1.29, 1.82) is 0 Å². The van der Waals surface area contributed by atoms with E-state index in [1.165, 1.54) is 0 Å². The molecule has 0 aliphatic rings. The highest BCUT2D eigenvalue weighted by molar-refractivity contribution is 6.06. The van der Waals surface area contributed by atoms with E-state index in [0.29, 0.717) is 33.5 Å². The third-order valence-corrected chi connectivity index (χ3v) is 4.03. The van der Waals surface area contributed by atoms with E-state index in [1.54, 1.807) is 63.6 Å². The molecule has 0 spiro atoms. The average Bonchev–Trinajstić information content (AvgIpc) is 2.71. The fourth-order valence-corrected chi connectivity index (χ4v) is 2.63. The molecule has 0 fully saturated rings. The Kier molecular flexibility index (Phi) is 5.16. The topological polar surface area (TPSA) is 106 Å². The van der Waals surface area contributed by atoms with Gasteiger partial charge in [0.05, 0.1) is 25.3 Å². The van der Waals surface area contributed by atoms with Crippen molar-refractivity contribution in [3.8, 4) is 11.5 Å². The summed E-state index contributed by atoms with van der Waals surface area (Å²) in [5, 5.41) is 11.1. The molecule has 2 N–H and O–H groups in total. The maximum Gasteiger partial charge on any atom is 0.292 e. The van der Waals surface area contributed by atoms with E-state index in [4.69, 9.17) is 9.47 Å². The van der Waals surface area contributed by atoms with Crippen molar-refractivity contribution >= 4 is 22.4 Å². The molecule has 2 aromatic carbocycles. The van der Waals surface area contributed by atoms with Gasteiger partial charge in [-0.05, 0) is 31.2 Å². The van der Waals surface area contributed by atoms with Gasteiger partial charge in [0.25, 0.3) is 11.5 Å². The van der Waals surface area contributed by atoms with Crippen molar-refractivity contribution in [2.24, 2.45) is 5.10 Å². The molecule has 0 atom stereocenters. The Hall–Kier alpha value is -3.68. The van der Waals surface area contributed by atoms with E-state index in [-0.39, 0.29) is 11.3 Å². The molecular formula is C19H18N4O4. The van der Waals surface area contributed by atoms with Crippen LogP contribution in [0.1, 0.15) is 23.0 Å². The smallest absolute Gasteiger partial charge is 0.292 e. The lowest BCUT2D eigenvalue weighted by atomic mass is 10.1. The summed E-state index contributed by atoms with van der Waals surface area (Å²) in [5.74, 6) is 0.697. The standard InChI is InChI=1S/C19H18N4O4/c1-11(15-10-12(26-2)8-9-16(15)27-3)20-23-19(25)17-13-6-4-5-7-14(13)18(24)22-21-17/h4-10H,1-3H3,(H,22,24)(H,23,25)/b20-11-. The first-order valence-corrected chi connectivity index (χ1v) is 8.09. The van der Waals surface area contributed by atoms with Crippen molar-refractivity contribution in [3.05, 3.63) is 64.1 Å². The zero-order chi connectivity index (χ0) is 19.4. The summed E-state index contributed by atoms with van der Waals surface area (Å²) in [4.78, 5) is 24.4. The number of carbonyl (C=O) groups is 1. The van der Waals surface area contributed by atoms with Crippen LogP contribution in [0.25, 0.3) is 10.8 Å². The largest absolute Gasteiger partial charge is 0.497 e. The Morgan fingerprint density at radius 3 is 2.56 bits per heavy atom. The lowest BCUT2D eigenvalue weighted by Gasteiger charge is -2.10. The van der Waals surface area contributed by atoms with Gasteiger partial charge in [-0.3, -0.25) is 9.59 Å². The normalized spacial score (nSPS) is 11.3. The predicted molar refractivity (Wildman–Crippen MR) is 102 cm³/mol. The summed E-state index contributed by atoms with van der Waals surface area (Å²) >= 11 is 0. The van der Waals surface area contributed by atoms with Gasteiger partial charge in [0.2, 0.25) is 0 Å². The van der Waals surface area contributed by atoms with Gasteiger partial charge in [0.15, 0.2) is 5.69 Å². The van der Waals surface area contributed by atoms with E-state index in [9.17, 15) is 9.59 Å². The fourth-order valence-electron chi connectivity index (χ4n) is 2.63. The van der Waals surface area contributed by atoms with Crippen LogP contribution in [0.15, 0.2) is 52.4 Å². The molecule has 1 amide bonds. The van der Waals surface area contributed by atoms with Gasteiger partial charge in [-0.25, -0.2) is 10.5 Å². The second kappa shape index (κ2) is 7.69. The van der Waals surface area contributed by atoms with Crippen LogP contribution in [0.2, 0.25) is 0 Å². The Bertz CT molecular complexity index is 1090. The molecule has 3 rings (SSSR count). The first-order valence-electron chi connectivity index (χ1n) is 8.09. The molecule has 27 heavy (non-hydrogen) atoms. The highest BCUT2D eigenvalue weighted by Crippen LogP contribution is 2.24. The maximum absolute atomic E-state index is 12.5. The van der Waals surface area contributed by atoms with E-state index in [0.717, 1.165) is 0 Å². The molecule has 8 nitrogen and oxygen atoms in total. The maximum atomic E-state index is 12.5. The van der Waals surface area contributed by atoms with E-state index in [1.807, 2.05) is 0 Å². The SMILES string of the molecule is COc1ccc(OC)c(/C(C)=N\NC(=O)c2n[nH]c(=O)c3ccccc23)c1. The minimum atomic E-state index is -0.538. The number of benzene rings is 2. The van der Waals surface area contributed by atoms with Crippen LogP contribution in [0.5, 0.6) is 11.5 Å². The molecular weight excluding hydrogens is 348 g/mol. The minimum Gasteiger partial charge on any atom is -0.497 e. The zero-order valence-corrected chi connectivity index (χ0v) is 15.1. The van der Waals surface area contributed by atoms with Crippen LogP contribution in [-0.4, -0.2) is 36.0 Å². The molecule has 0 unspecified atom stereocenters. The third-order valence-electron chi connectivity index (χ3n) is 4.03. The Balaban J connectivity index is 1.92. The summed E-state index contributed by atoms with van der Waals surface area (Å²) in [5.41, 5.74) is 3.39. The first-order chi connectivity index (χ1) is 13.0. The van der Waals surface area contributed by atoms with Gasteiger partial charge in [0.1, 0.15) is 11.5 Å². The summed E-state index contributed by atoms with van der Waals surface area (Å²) in [7, 11) is 3.11. The lowest BCUT2D eigenvalue weighted by Crippen LogP contribution is -2.23. The van der Waals surface area contributed by atoms with Crippen molar-refractivity contribution in [2.75, 3.05) is 14.2 Å². The van der Waals surface area contributed by atoms with Crippen LogP contribution in [0, 0.1) is 0 Å². The third kappa shape index (κ3) is 3.64. The van der Waals surface area contributed by atoms with Crippen molar-refractivity contribution < 1.29 is 14.3 Å². The van der Waals surface area contributed by atoms with Crippen LogP contribution in [0.4, 0.5) is 0 Å². The summed E-state index contributed by atoms with van der Waals surface area (Å²) in [6.07, 6.45) is 0. The number of hydrogen-bond acceptors (Lipinski definition) is 6. The van der Waals surface area contributed by atoms with E-state index < -0.39 is 5.91 Å². The molecule has 3 aromatic rings. The van der Waals surface area contributed by atoms with Gasteiger partial charge < -0.3 is 9.47 Å². The average molecular weight is 366 g/mol. The Labute approximate surface area is 154 Å². The van der Waals surface area contributed by atoms with E-state index >= 15 is 0 Å². The highest BCUT2D eigenvalue weighted by atomic mass is 16.5. The van der Waals surface area contributed by atoms with Gasteiger partial charge in [-0.15, -0.1) is 0 Å². The van der Waals surface area contributed by atoms with Crippen molar-refractivity contribution in [1.82, 2.24) is 15.6 Å². The van der Waals surface area contributed by atoms with Gasteiger partial charge in [-0.2, -0.15) is 10.2 Å². The highest BCUT2D eigenvalue weighted by Gasteiger charge is 2.14. The number of hydrogen-bond donors (Lipinski definition) is 2. The lowest BCUT2D eigenvalue weighted by molar-refractivity contribution is 0.0950. The van der Waals surface area contributed by atoms with Gasteiger partial charge in [0, 0.05) is 10.9 Å². The first kappa shape index (κ1) is 18.1. The number of aromatic amines is 1. The molecule has 0 aliphatic carbocycles. The van der Waals surface area contributed by atoms with Crippen molar-refractivity contribution in [2.45, 2.75) is 6.92 Å². The number of hydrazone groups is 1. The van der Waals surface area contributed by atoms with Crippen LogP contribution < -0.4 is 20.5 Å². The number of aromatic nitrogens is 2. The second-order valence-electron chi connectivity index (χ2n) is 5.65. The molecule has 0 saturated heterocycles. The quantitative estimate of drug-likeness (QED) is 0.531. The molecule has 8 heteroatoms. The van der Waals surface area contributed by atoms with Crippen LogP contribution >= 0.6 is 0 Å². The number of fused-ring (bicyclic) bond motifs is 1. The summed E-state index contributed by atoms with van der Waals surface area (Å²) in [6, 6.07) is 12.0. The monoisotopic (exact) mass is 366 g/mol. The Morgan fingerprint density at radius 1 is 1.11 bits per heavy atom. The molecule has 1 heterocycles. The number of ether oxygens (including phenoxy) is 2. The predicted octanol–water partition coefficient (Wildman–Crippen LogP) is 2.09. The number of rotatable bonds is 5. The molecule has 138 valence electrons. The zero-order valence-electron chi connectivity index (χ0n) is 15.1. The summed E-state index contributed by atoms with van der Waals surface area (Å²) < 4.78 is 10.5. The summed E-state index contributed by atoms with van der Waals surface area (Å²) in [6.45, 7) is 1.73. The van der Waals surface area contributed by atoms with Gasteiger partial charge in [-0.1, -0.05) is 18.2 Å². The minimum absolute atomic E-state index is 0.0827. The molecule has 0 radical (unpaired) electrons. The van der Waals surface area contributed by atoms with Crippen molar-refractivity contribution in [3.63, 3.8) is 0 Å².